The van der Waals surface area contributed by atoms with Gasteiger partial charge in [0.25, 0.3) is 0 Å². The first kappa shape index (κ1) is 14.6. The van der Waals surface area contributed by atoms with E-state index in [1.807, 2.05) is 13.0 Å². The number of benzene rings is 1. The lowest BCUT2D eigenvalue weighted by Crippen LogP contribution is -2.13. The first-order valence-electron chi connectivity index (χ1n) is 7.63. The summed E-state index contributed by atoms with van der Waals surface area (Å²) in [6, 6.07) is 5.23. The molecule has 5 heteroatoms. The Labute approximate surface area is 130 Å². The lowest BCUT2D eigenvalue weighted by atomic mass is 9.96. The highest BCUT2D eigenvalue weighted by Gasteiger charge is 2.17. The molecule has 2 aromatic rings. The molecular weight excluding hydrogens is 278 g/mol. The fourth-order valence-corrected chi connectivity index (χ4v) is 2.87. The molecule has 116 valence electrons. The average Bonchev–Trinajstić information content (AvgIpc) is 2.53. The Bertz CT molecular complexity index is 686. The van der Waals surface area contributed by atoms with Crippen LogP contribution in [0.3, 0.4) is 0 Å². The number of rotatable bonds is 4. The van der Waals surface area contributed by atoms with Gasteiger partial charge < -0.3 is 15.2 Å². The van der Waals surface area contributed by atoms with E-state index in [0.717, 1.165) is 41.5 Å². The van der Waals surface area contributed by atoms with Crippen molar-refractivity contribution in [3.05, 3.63) is 40.8 Å². The summed E-state index contributed by atoms with van der Waals surface area (Å²) in [5.74, 6) is 2.67. The number of aryl methyl sites for hydroxylation is 2. The van der Waals surface area contributed by atoms with Crippen molar-refractivity contribution in [1.29, 1.82) is 0 Å². The smallest absolute Gasteiger partial charge is 0.133 e. The Morgan fingerprint density at radius 3 is 2.86 bits per heavy atom. The standard InChI is InChI=1S/C17H21N3O2/c1-11-19-15-6-4-3-5-14(15)17(20-11)18-10-12-9-13(22-2)7-8-16(12)21/h7-9,21H,3-6,10H2,1-2H3,(H,18,19,20). The van der Waals surface area contributed by atoms with Crippen LogP contribution in [0.15, 0.2) is 18.2 Å². The van der Waals surface area contributed by atoms with Crippen molar-refractivity contribution in [1.82, 2.24) is 9.97 Å². The molecule has 1 aromatic carbocycles. The molecular formula is C17H21N3O2. The molecule has 0 aliphatic heterocycles. The van der Waals surface area contributed by atoms with E-state index >= 15 is 0 Å². The van der Waals surface area contributed by atoms with Gasteiger partial charge in [0.05, 0.1) is 7.11 Å². The lowest BCUT2D eigenvalue weighted by Gasteiger charge is -2.19. The number of hydrogen-bond acceptors (Lipinski definition) is 5. The van der Waals surface area contributed by atoms with E-state index in [1.54, 1.807) is 19.2 Å². The number of aromatic hydroxyl groups is 1. The molecule has 0 atom stereocenters. The molecule has 0 spiro atoms. The third-order valence-corrected chi connectivity index (χ3v) is 4.03. The number of anilines is 1. The normalized spacial score (nSPS) is 13.5. The van der Waals surface area contributed by atoms with Gasteiger partial charge in [-0.05, 0) is 50.8 Å². The van der Waals surface area contributed by atoms with Crippen LogP contribution in [0.2, 0.25) is 0 Å². The largest absolute Gasteiger partial charge is 0.508 e. The highest BCUT2D eigenvalue weighted by atomic mass is 16.5. The highest BCUT2D eigenvalue weighted by Crippen LogP contribution is 2.27. The molecule has 22 heavy (non-hydrogen) atoms. The molecule has 2 N–H and O–H groups in total. The van der Waals surface area contributed by atoms with Crippen LogP contribution in [-0.2, 0) is 19.4 Å². The number of ether oxygens (including phenoxy) is 1. The van der Waals surface area contributed by atoms with Crippen molar-refractivity contribution >= 4 is 5.82 Å². The minimum atomic E-state index is 0.257. The van der Waals surface area contributed by atoms with Gasteiger partial charge in [-0.25, -0.2) is 9.97 Å². The summed E-state index contributed by atoms with van der Waals surface area (Å²) >= 11 is 0. The van der Waals surface area contributed by atoms with E-state index < -0.39 is 0 Å². The predicted molar refractivity (Wildman–Crippen MR) is 85.4 cm³/mol. The maximum atomic E-state index is 9.97. The number of fused-ring (bicyclic) bond motifs is 1. The summed E-state index contributed by atoms with van der Waals surface area (Å²) in [7, 11) is 1.62. The van der Waals surface area contributed by atoms with Gasteiger partial charge in [0.1, 0.15) is 23.1 Å². The van der Waals surface area contributed by atoms with E-state index in [4.69, 9.17) is 4.74 Å². The third kappa shape index (κ3) is 2.98. The molecule has 1 aromatic heterocycles. The van der Waals surface area contributed by atoms with Crippen LogP contribution in [0.5, 0.6) is 11.5 Å². The molecule has 0 unspecified atom stereocenters. The molecule has 1 aliphatic rings. The Morgan fingerprint density at radius 2 is 2.05 bits per heavy atom. The van der Waals surface area contributed by atoms with Crippen molar-refractivity contribution in [3.8, 4) is 11.5 Å². The number of nitrogens with zero attached hydrogens (tertiary/aromatic N) is 2. The molecule has 0 amide bonds. The number of hydrogen-bond donors (Lipinski definition) is 2. The molecule has 1 aliphatic carbocycles. The Balaban J connectivity index is 1.83. The SMILES string of the molecule is COc1ccc(O)c(CNc2nc(C)nc3c2CCCC3)c1. The summed E-state index contributed by atoms with van der Waals surface area (Å²) in [6.07, 6.45) is 4.41. The van der Waals surface area contributed by atoms with Crippen molar-refractivity contribution in [2.45, 2.75) is 39.2 Å². The van der Waals surface area contributed by atoms with Gasteiger partial charge >= 0.3 is 0 Å². The quantitative estimate of drug-likeness (QED) is 0.908. The van der Waals surface area contributed by atoms with E-state index in [9.17, 15) is 5.11 Å². The molecule has 5 nitrogen and oxygen atoms in total. The van der Waals surface area contributed by atoms with E-state index in [2.05, 4.69) is 15.3 Å². The molecule has 0 saturated heterocycles. The van der Waals surface area contributed by atoms with Crippen LogP contribution in [0, 0.1) is 6.92 Å². The fourth-order valence-electron chi connectivity index (χ4n) is 2.87. The molecule has 0 radical (unpaired) electrons. The number of methoxy groups -OCH3 is 1. The molecule has 0 bridgehead atoms. The maximum Gasteiger partial charge on any atom is 0.133 e. The molecule has 0 fully saturated rings. The minimum Gasteiger partial charge on any atom is -0.508 e. The zero-order valence-electron chi connectivity index (χ0n) is 13.0. The highest BCUT2D eigenvalue weighted by molar-refractivity contribution is 5.49. The molecule has 3 rings (SSSR count). The van der Waals surface area contributed by atoms with E-state index in [1.165, 1.54) is 18.4 Å². The van der Waals surface area contributed by atoms with Crippen LogP contribution in [0.1, 0.15) is 35.5 Å². The first-order chi connectivity index (χ1) is 10.7. The second-order valence-corrected chi connectivity index (χ2v) is 5.60. The first-order valence-corrected chi connectivity index (χ1v) is 7.63. The summed E-state index contributed by atoms with van der Waals surface area (Å²) < 4.78 is 5.21. The van der Waals surface area contributed by atoms with Crippen LogP contribution < -0.4 is 10.1 Å². The zero-order valence-corrected chi connectivity index (χ0v) is 13.0. The van der Waals surface area contributed by atoms with E-state index in [0.29, 0.717) is 6.54 Å². The molecule has 1 heterocycles. The summed E-state index contributed by atoms with van der Waals surface area (Å²) in [6.45, 7) is 2.43. The summed E-state index contributed by atoms with van der Waals surface area (Å²) in [4.78, 5) is 9.09. The second kappa shape index (κ2) is 6.22. The van der Waals surface area contributed by atoms with Crippen molar-refractivity contribution < 1.29 is 9.84 Å². The number of phenolic OH excluding ortho intramolecular Hbond substituents is 1. The Morgan fingerprint density at radius 1 is 1.23 bits per heavy atom. The number of aromatic nitrogens is 2. The Kier molecular flexibility index (Phi) is 4.13. The predicted octanol–water partition coefficient (Wildman–Crippen LogP) is 2.99. The van der Waals surface area contributed by atoms with Crippen LogP contribution in [0.4, 0.5) is 5.82 Å². The summed E-state index contributed by atoms with van der Waals surface area (Å²) in [5.41, 5.74) is 3.18. The topological polar surface area (TPSA) is 67.3 Å². The van der Waals surface area contributed by atoms with Gasteiger partial charge in [-0.15, -0.1) is 0 Å². The van der Waals surface area contributed by atoms with Crippen LogP contribution in [-0.4, -0.2) is 22.2 Å². The van der Waals surface area contributed by atoms with E-state index in [-0.39, 0.29) is 5.75 Å². The van der Waals surface area contributed by atoms with Crippen molar-refractivity contribution in [2.75, 3.05) is 12.4 Å². The number of phenols is 1. The van der Waals surface area contributed by atoms with Crippen molar-refractivity contribution in [2.24, 2.45) is 0 Å². The maximum absolute atomic E-state index is 9.97. The third-order valence-electron chi connectivity index (χ3n) is 4.03. The van der Waals surface area contributed by atoms with Crippen LogP contribution in [0.25, 0.3) is 0 Å². The van der Waals surface area contributed by atoms with Gasteiger partial charge in [-0.1, -0.05) is 0 Å². The zero-order chi connectivity index (χ0) is 15.5. The van der Waals surface area contributed by atoms with Crippen LogP contribution >= 0.6 is 0 Å². The molecule has 0 saturated carbocycles. The van der Waals surface area contributed by atoms with Gasteiger partial charge in [-0.3, -0.25) is 0 Å². The van der Waals surface area contributed by atoms with Crippen molar-refractivity contribution in [3.63, 3.8) is 0 Å². The van der Waals surface area contributed by atoms with Gasteiger partial charge in [0.2, 0.25) is 0 Å². The minimum absolute atomic E-state index is 0.257. The van der Waals surface area contributed by atoms with Gasteiger partial charge in [0.15, 0.2) is 0 Å². The average molecular weight is 299 g/mol. The van der Waals surface area contributed by atoms with Gasteiger partial charge in [0, 0.05) is 23.4 Å². The Hall–Kier alpha value is -2.30. The lowest BCUT2D eigenvalue weighted by molar-refractivity contribution is 0.411. The number of nitrogens with one attached hydrogen (secondary N) is 1. The second-order valence-electron chi connectivity index (χ2n) is 5.60. The van der Waals surface area contributed by atoms with Gasteiger partial charge in [-0.2, -0.15) is 0 Å². The summed E-state index contributed by atoms with van der Waals surface area (Å²) in [5, 5.41) is 13.3. The fraction of sp³-hybridized carbons (Fsp3) is 0.412. The monoisotopic (exact) mass is 299 g/mol.